The monoisotopic (exact) mass is 526 g/mol. The molecule has 0 bridgehead atoms. The maximum atomic E-state index is 10.9. The first-order chi connectivity index (χ1) is 13.4. The molecule has 2 N–H and O–H groups in total. The molecule has 4 aromatic rings. The third-order valence-electron chi connectivity index (χ3n) is 4.15. The number of fused-ring (bicyclic) bond motifs is 2. The SMILES string of the molecule is O=C(O)c1cccc2ccc(Cl)cc12.O=C(O)c1cccc2ccc(Cl)cc12.[Cd]. The fourth-order valence-electron chi connectivity index (χ4n) is 2.86. The number of carboxylic acid groups (broad SMARTS) is 2. The van der Waals surface area contributed by atoms with Gasteiger partial charge in [-0.3, -0.25) is 0 Å². The van der Waals surface area contributed by atoms with E-state index in [4.69, 9.17) is 33.4 Å². The zero-order chi connectivity index (χ0) is 20.3. The summed E-state index contributed by atoms with van der Waals surface area (Å²) in [6, 6.07) is 20.7. The van der Waals surface area contributed by atoms with Crippen molar-refractivity contribution in [1.29, 1.82) is 0 Å². The molecule has 0 atom stereocenters. The van der Waals surface area contributed by atoms with Gasteiger partial charge in [-0.2, -0.15) is 0 Å². The van der Waals surface area contributed by atoms with Crippen LogP contribution in [0.5, 0.6) is 0 Å². The van der Waals surface area contributed by atoms with Gasteiger partial charge in [0.05, 0.1) is 11.1 Å². The van der Waals surface area contributed by atoms with Gasteiger partial charge in [0.25, 0.3) is 0 Å². The zero-order valence-electron chi connectivity index (χ0n) is 15.1. The summed E-state index contributed by atoms with van der Waals surface area (Å²) < 4.78 is 0. The minimum absolute atomic E-state index is 0. The minimum atomic E-state index is -0.933. The van der Waals surface area contributed by atoms with E-state index in [1.807, 2.05) is 24.3 Å². The van der Waals surface area contributed by atoms with Crippen LogP contribution in [-0.4, -0.2) is 22.2 Å². The largest absolute Gasteiger partial charge is 0.478 e. The third-order valence-corrected chi connectivity index (χ3v) is 4.62. The van der Waals surface area contributed by atoms with Crippen LogP contribution in [0.4, 0.5) is 0 Å². The van der Waals surface area contributed by atoms with Crippen LogP contribution in [0.25, 0.3) is 21.5 Å². The molecular weight excluding hydrogens is 512 g/mol. The first kappa shape index (κ1) is 23.1. The molecule has 4 nitrogen and oxygen atoms in total. The second-order valence-electron chi connectivity index (χ2n) is 5.95. The second-order valence-corrected chi connectivity index (χ2v) is 6.83. The molecule has 0 spiro atoms. The van der Waals surface area contributed by atoms with Crippen LogP contribution in [0.3, 0.4) is 0 Å². The average molecular weight is 526 g/mol. The molecule has 0 fully saturated rings. The Morgan fingerprint density at radius 1 is 0.621 bits per heavy atom. The molecule has 4 aromatic carbocycles. The fourth-order valence-corrected chi connectivity index (χ4v) is 3.21. The first-order valence-corrected chi connectivity index (χ1v) is 8.95. The van der Waals surface area contributed by atoms with E-state index in [1.165, 1.54) is 0 Å². The van der Waals surface area contributed by atoms with Gasteiger partial charge in [-0.1, -0.05) is 59.6 Å². The van der Waals surface area contributed by atoms with Crippen molar-refractivity contribution in [2.75, 3.05) is 0 Å². The van der Waals surface area contributed by atoms with Crippen LogP contribution >= 0.6 is 23.2 Å². The van der Waals surface area contributed by atoms with Crippen LogP contribution < -0.4 is 0 Å². The van der Waals surface area contributed by atoms with Crippen molar-refractivity contribution >= 4 is 56.7 Å². The Bertz CT molecular complexity index is 1110. The van der Waals surface area contributed by atoms with Gasteiger partial charge in [-0.25, -0.2) is 9.59 Å². The molecule has 0 saturated carbocycles. The zero-order valence-corrected chi connectivity index (χ0v) is 20.7. The van der Waals surface area contributed by atoms with E-state index in [-0.39, 0.29) is 38.4 Å². The number of carbonyl (C=O) groups is 2. The Hall–Kier alpha value is -2.16. The third kappa shape index (κ3) is 5.47. The Balaban J connectivity index is 0.000000200. The summed E-state index contributed by atoms with van der Waals surface area (Å²) in [6.07, 6.45) is 0. The molecule has 0 heterocycles. The fraction of sp³-hybridized carbons (Fsp3) is 0. The number of halogens is 2. The Morgan fingerprint density at radius 2 is 1.00 bits per heavy atom. The Kier molecular flexibility index (Phi) is 8.01. The molecule has 0 aliphatic carbocycles. The van der Waals surface area contributed by atoms with Crippen molar-refractivity contribution in [2.24, 2.45) is 0 Å². The van der Waals surface area contributed by atoms with Crippen molar-refractivity contribution in [3.63, 3.8) is 0 Å². The first-order valence-electron chi connectivity index (χ1n) is 8.20. The van der Waals surface area contributed by atoms with Crippen LogP contribution in [0.15, 0.2) is 72.8 Å². The van der Waals surface area contributed by atoms with Gasteiger partial charge in [-0.05, 0) is 57.9 Å². The number of hydrogen-bond donors (Lipinski definition) is 2. The van der Waals surface area contributed by atoms with Crippen LogP contribution in [0.1, 0.15) is 20.7 Å². The van der Waals surface area contributed by atoms with E-state index >= 15 is 0 Å². The van der Waals surface area contributed by atoms with Gasteiger partial charge >= 0.3 is 11.9 Å². The predicted octanol–water partition coefficient (Wildman–Crippen LogP) is 6.38. The van der Waals surface area contributed by atoms with Gasteiger partial charge < -0.3 is 10.2 Å². The van der Waals surface area contributed by atoms with E-state index in [0.717, 1.165) is 10.8 Å². The molecule has 0 saturated heterocycles. The van der Waals surface area contributed by atoms with Crippen molar-refractivity contribution < 1.29 is 47.1 Å². The summed E-state index contributed by atoms with van der Waals surface area (Å²) in [5.41, 5.74) is 0.565. The summed E-state index contributed by atoms with van der Waals surface area (Å²) in [6.45, 7) is 0. The molecule has 29 heavy (non-hydrogen) atoms. The summed E-state index contributed by atoms with van der Waals surface area (Å²) in [7, 11) is 0. The maximum absolute atomic E-state index is 10.9. The molecule has 0 unspecified atom stereocenters. The topological polar surface area (TPSA) is 74.6 Å². The molecule has 142 valence electrons. The van der Waals surface area contributed by atoms with Gasteiger partial charge in [0.1, 0.15) is 0 Å². The van der Waals surface area contributed by atoms with Gasteiger partial charge in [-0.15, -0.1) is 0 Å². The smallest absolute Gasteiger partial charge is 0.336 e. The van der Waals surface area contributed by atoms with Gasteiger partial charge in [0.15, 0.2) is 0 Å². The molecule has 0 aromatic heterocycles. The summed E-state index contributed by atoms with van der Waals surface area (Å²) in [5, 5.41) is 22.1. The summed E-state index contributed by atoms with van der Waals surface area (Å²) in [4.78, 5) is 21.8. The maximum Gasteiger partial charge on any atom is 0.336 e. The Labute approximate surface area is 196 Å². The molecule has 0 aliphatic heterocycles. The van der Waals surface area contributed by atoms with Crippen LogP contribution in [-0.2, 0) is 27.3 Å². The minimum Gasteiger partial charge on any atom is -0.478 e. The molecule has 7 heteroatoms. The predicted molar refractivity (Wildman–Crippen MR) is 112 cm³/mol. The molecular formula is C22H14CdCl2O4. The molecule has 0 amide bonds. The summed E-state index contributed by atoms with van der Waals surface area (Å²) in [5.74, 6) is -1.87. The molecule has 0 radical (unpaired) electrons. The van der Waals surface area contributed by atoms with E-state index in [1.54, 1.807) is 48.5 Å². The van der Waals surface area contributed by atoms with Crippen LogP contribution in [0, 0.1) is 0 Å². The van der Waals surface area contributed by atoms with E-state index in [0.29, 0.717) is 20.8 Å². The second kappa shape index (κ2) is 10.0. The van der Waals surface area contributed by atoms with E-state index < -0.39 is 11.9 Å². The summed E-state index contributed by atoms with van der Waals surface area (Å²) >= 11 is 11.6. The standard InChI is InChI=1S/2C11H7ClO2.Cd/c2*12-8-5-4-7-2-1-3-9(11(13)14)10(7)6-8;/h2*1-6H,(H,13,14);. The van der Waals surface area contributed by atoms with Crippen molar-refractivity contribution in [3.8, 4) is 0 Å². The van der Waals surface area contributed by atoms with Crippen molar-refractivity contribution in [3.05, 3.63) is 94.0 Å². The molecule has 4 rings (SSSR count). The van der Waals surface area contributed by atoms with E-state index in [2.05, 4.69) is 0 Å². The number of aromatic carboxylic acids is 2. The molecule has 0 aliphatic rings. The number of hydrogen-bond acceptors (Lipinski definition) is 2. The van der Waals surface area contributed by atoms with Crippen molar-refractivity contribution in [1.82, 2.24) is 0 Å². The average Bonchev–Trinajstić information content (AvgIpc) is 2.67. The quantitative estimate of drug-likeness (QED) is 0.298. The normalized spacial score (nSPS) is 10.0. The number of carboxylic acids is 2. The van der Waals surface area contributed by atoms with Gasteiger partial charge in [0.2, 0.25) is 0 Å². The van der Waals surface area contributed by atoms with Crippen molar-refractivity contribution in [2.45, 2.75) is 0 Å². The number of benzene rings is 4. The van der Waals surface area contributed by atoms with E-state index in [9.17, 15) is 9.59 Å². The van der Waals surface area contributed by atoms with Gasteiger partial charge in [0, 0.05) is 37.3 Å². The van der Waals surface area contributed by atoms with Crippen LogP contribution in [0.2, 0.25) is 10.0 Å². The Morgan fingerprint density at radius 3 is 1.34 bits per heavy atom. The number of rotatable bonds is 2.